The van der Waals surface area contributed by atoms with Gasteiger partial charge in [-0.1, -0.05) is 13.8 Å². The third kappa shape index (κ3) is 4.54. The fourth-order valence-electron chi connectivity index (χ4n) is 2.20. The van der Waals surface area contributed by atoms with E-state index in [0.29, 0.717) is 18.9 Å². The van der Waals surface area contributed by atoms with Crippen LogP contribution < -0.4 is 0 Å². The summed E-state index contributed by atoms with van der Waals surface area (Å²) in [5, 5.41) is 9.68. The van der Waals surface area contributed by atoms with E-state index < -0.39 is 11.7 Å². The molecule has 0 spiro atoms. The largest absolute Gasteiger partial charge is 0.444 e. The van der Waals surface area contributed by atoms with Crippen LogP contribution >= 0.6 is 0 Å². The summed E-state index contributed by atoms with van der Waals surface area (Å²) >= 11 is 0. The van der Waals surface area contributed by atoms with Crippen molar-refractivity contribution in [3.8, 4) is 0 Å². The summed E-state index contributed by atoms with van der Waals surface area (Å²) in [6.07, 6.45) is 0.860. The molecule has 1 saturated heterocycles. The highest BCUT2D eigenvalue weighted by Crippen LogP contribution is 2.25. The molecule has 1 heterocycles. The van der Waals surface area contributed by atoms with Crippen LogP contribution in [0, 0.1) is 5.92 Å². The summed E-state index contributed by atoms with van der Waals surface area (Å²) in [5.41, 5.74) is -0.479. The predicted octanol–water partition coefficient (Wildman–Crippen LogP) is 2.40. The Kier molecular flexibility index (Phi) is 4.42. The van der Waals surface area contributed by atoms with Crippen molar-refractivity contribution in [2.75, 3.05) is 6.54 Å². The van der Waals surface area contributed by atoms with E-state index >= 15 is 0 Å². The van der Waals surface area contributed by atoms with E-state index in [1.54, 1.807) is 4.90 Å². The molecule has 1 fully saturated rings. The van der Waals surface area contributed by atoms with E-state index in [1.165, 1.54) is 0 Å². The molecule has 1 rings (SSSR count). The molecule has 0 aliphatic carbocycles. The second-order valence-electron chi connectivity index (χ2n) is 6.31. The van der Waals surface area contributed by atoms with Crippen molar-refractivity contribution in [1.29, 1.82) is 0 Å². The van der Waals surface area contributed by atoms with Gasteiger partial charge in [-0.3, -0.25) is 0 Å². The molecule has 4 nitrogen and oxygen atoms in total. The maximum Gasteiger partial charge on any atom is 0.410 e. The van der Waals surface area contributed by atoms with Gasteiger partial charge in [0.1, 0.15) is 5.60 Å². The van der Waals surface area contributed by atoms with E-state index in [9.17, 15) is 9.90 Å². The third-order valence-corrected chi connectivity index (χ3v) is 2.76. The van der Waals surface area contributed by atoms with E-state index in [1.807, 2.05) is 20.8 Å². The first-order valence-electron chi connectivity index (χ1n) is 6.36. The van der Waals surface area contributed by atoms with Crippen LogP contribution in [0.4, 0.5) is 4.79 Å². The number of ether oxygens (including phenoxy) is 1. The van der Waals surface area contributed by atoms with Gasteiger partial charge in [0.25, 0.3) is 0 Å². The Bertz CT molecular complexity index is 270. The lowest BCUT2D eigenvalue weighted by atomic mass is 10.0. The Morgan fingerprint density at radius 3 is 2.53 bits per heavy atom. The number of aliphatic hydroxyl groups is 1. The average Bonchev–Trinajstić information content (AvgIpc) is 2.42. The van der Waals surface area contributed by atoms with Gasteiger partial charge in [0.05, 0.1) is 12.6 Å². The minimum atomic E-state index is -0.479. The summed E-state index contributed by atoms with van der Waals surface area (Å²) < 4.78 is 5.36. The van der Waals surface area contributed by atoms with E-state index in [4.69, 9.17) is 4.74 Å². The Morgan fingerprint density at radius 2 is 2.06 bits per heavy atom. The molecule has 1 aliphatic rings. The molecular formula is C13H25NO3. The highest BCUT2D eigenvalue weighted by atomic mass is 16.6. The van der Waals surface area contributed by atoms with Crippen LogP contribution in [0.25, 0.3) is 0 Å². The van der Waals surface area contributed by atoms with Crippen molar-refractivity contribution in [2.24, 2.45) is 5.92 Å². The van der Waals surface area contributed by atoms with Crippen molar-refractivity contribution in [3.63, 3.8) is 0 Å². The molecule has 1 amide bonds. The monoisotopic (exact) mass is 243 g/mol. The molecule has 0 radical (unpaired) electrons. The second-order valence-corrected chi connectivity index (χ2v) is 6.31. The molecule has 4 heteroatoms. The Labute approximate surface area is 104 Å². The Balaban J connectivity index is 2.63. The van der Waals surface area contributed by atoms with Crippen molar-refractivity contribution >= 4 is 6.09 Å². The van der Waals surface area contributed by atoms with Gasteiger partial charge in [-0.05, 0) is 39.5 Å². The van der Waals surface area contributed by atoms with Crippen LogP contribution in [0.3, 0.4) is 0 Å². The summed E-state index contributed by atoms with van der Waals surface area (Å²) in [4.78, 5) is 13.7. The van der Waals surface area contributed by atoms with Gasteiger partial charge in [-0.15, -0.1) is 0 Å². The number of rotatable bonds is 2. The molecule has 0 aromatic heterocycles. The molecular weight excluding hydrogens is 218 g/mol. The molecule has 1 aliphatic heterocycles. The summed E-state index contributed by atoms with van der Waals surface area (Å²) in [6.45, 7) is 10.2. The summed E-state index contributed by atoms with van der Waals surface area (Å²) in [6, 6.07) is 0.111. The number of nitrogens with zero attached hydrogens (tertiary/aromatic N) is 1. The Hall–Kier alpha value is -0.770. The Morgan fingerprint density at radius 1 is 1.47 bits per heavy atom. The molecule has 2 atom stereocenters. The number of likely N-dealkylation sites (tertiary alicyclic amines) is 1. The lowest BCUT2D eigenvalue weighted by molar-refractivity contribution is 0.0195. The molecule has 0 aromatic rings. The average molecular weight is 243 g/mol. The third-order valence-electron chi connectivity index (χ3n) is 2.76. The minimum Gasteiger partial charge on any atom is -0.444 e. The summed E-state index contributed by atoms with van der Waals surface area (Å²) in [7, 11) is 0. The lowest BCUT2D eigenvalue weighted by Crippen LogP contribution is -2.40. The zero-order valence-electron chi connectivity index (χ0n) is 11.6. The van der Waals surface area contributed by atoms with Crippen molar-refractivity contribution in [2.45, 2.75) is 65.2 Å². The highest BCUT2D eigenvalue weighted by Gasteiger charge is 2.36. The molecule has 0 unspecified atom stereocenters. The van der Waals surface area contributed by atoms with Crippen LogP contribution in [0.2, 0.25) is 0 Å². The van der Waals surface area contributed by atoms with Crippen LogP contribution in [-0.4, -0.2) is 40.4 Å². The number of carbonyl (C=O) groups is 1. The lowest BCUT2D eigenvalue weighted by Gasteiger charge is -2.29. The van der Waals surface area contributed by atoms with E-state index in [-0.39, 0.29) is 12.1 Å². The van der Waals surface area contributed by atoms with Gasteiger partial charge >= 0.3 is 6.09 Å². The van der Waals surface area contributed by atoms with Gasteiger partial charge in [0, 0.05) is 6.04 Å². The van der Waals surface area contributed by atoms with Crippen LogP contribution in [-0.2, 0) is 4.74 Å². The maximum absolute atomic E-state index is 12.0. The molecule has 0 bridgehead atoms. The van der Waals surface area contributed by atoms with Gasteiger partial charge < -0.3 is 14.7 Å². The fraction of sp³-hybridized carbons (Fsp3) is 0.923. The van der Waals surface area contributed by atoms with E-state index in [2.05, 4.69) is 13.8 Å². The molecule has 17 heavy (non-hydrogen) atoms. The molecule has 0 aromatic carbocycles. The number of aliphatic hydroxyl groups excluding tert-OH is 1. The first kappa shape index (κ1) is 14.3. The van der Waals surface area contributed by atoms with Gasteiger partial charge in [-0.2, -0.15) is 0 Å². The zero-order chi connectivity index (χ0) is 13.2. The zero-order valence-corrected chi connectivity index (χ0v) is 11.6. The van der Waals surface area contributed by atoms with Gasteiger partial charge in [0.2, 0.25) is 0 Å². The normalized spacial score (nSPS) is 25.5. The predicted molar refractivity (Wildman–Crippen MR) is 66.8 cm³/mol. The fourth-order valence-corrected chi connectivity index (χ4v) is 2.20. The molecule has 1 N–H and O–H groups in total. The van der Waals surface area contributed by atoms with Crippen LogP contribution in [0.15, 0.2) is 0 Å². The number of β-amino-alcohol motifs (C(OH)–C–C–N with tert-alkyl or cyclic N) is 1. The number of hydrogen-bond acceptors (Lipinski definition) is 3. The topological polar surface area (TPSA) is 49.8 Å². The van der Waals surface area contributed by atoms with Crippen LogP contribution in [0.1, 0.15) is 47.5 Å². The molecule has 100 valence electrons. The molecule has 0 saturated carbocycles. The van der Waals surface area contributed by atoms with Gasteiger partial charge in [0.15, 0.2) is 0 Å². The van der Waals surface area contributed by atoms with Crippen molar-refractivity contribution in [3.05, 3.63) is 0 Å². The quantitative estimate of drug-likeness (QED) is 0.810. The minimum absolute atomic E-state index is 0.111. The standard InChI is InChI=1S/C13H25NO3/c1-9(2)6-10-7-11(15)8-14(10)12(16)17-13(3,4)5/h9-11,15H,6-8H2,1-5H3/t10-,11-/m0/s1. The smallest absolute Gasteiger partial charge is 0.410 e. The van der Waals surface area contributed by atoms with E-state index in [0.717, 1.165) is 6.42 Å². The first-order valence-corrected chi connectivity index (χ1v) is 6.36. The highest BCUT2D eigenvalue weighted by molar-refractivity contribution is 5.69. The first-order chi connectivity index (χ1) is 7.69. The maximum atomic E-state index is 12.0. The second kappa shape index (κ2) is 5.25. The van der Waals surface area contributed by atoms with Crippen molar-refractivity contribution in [1.82, 2.24) is 4.90 Å². The SMILES string of the molecule is CC(C)C[C@H]1C[C@H](O)CN1C(=O)OC(C)(C)C. The number of amides is 1. The summed E-state index contributed by atoms with van der Waals surface area (Å²) in [5.74, 6) is 0.509. The van der Waals surface area contributed by atoms with Crippen molar-refractivity contribution < 1.29 is 14.6 Å². The number of carbonyl (C=O) groups excluding carboxylic acids is 1. The van der Waals surface area contributed by atoms with Crippen LogP contribution in [0.5, 0.6) is 0 Å². The van der Waals surface area contributed by atoms with Gasteiger partial charge in [-0.25, -0.2) is 4.79 Å². The number of hydrogen-bond donors (Lipinski definition) is 1.